The van der Waals surface area contributed by atoms with Crippen LogP contribution in [0.1, 0.15) is 95.1 Å². The van der Waals surface area contributed by atoms with Crippen molar-refractivity contribution >= 4 is 8.80 Å². The molecule has 2 aliphatic rings. The predicted molar refractivity (Wildman–Crippen MR) is 143 cm³/mol. The van der Waals surface area contributed by atoms with Gasteiger partial charge in [0, 0.05) is 14.4 Å². The van der Waals surface area contributed by atoms with Gasteiger partial charge in [-0.05, 0) is 79.0 Å². The Kier molecular flexibility index (Phi) is 9.24. The van der Waals surface area contributed by atoms with Crippen molar-refractivity contribution in [3.63, 3.8) is 0 Å². The van der Waals surface area contributed by atoms with Crippen molar-refractivity contribution in [2.75, 3.05) is 0 Å². The van der Waals surface area contributed by atoms with Crippen LogP contribution in [0.2, 0.25) is 18.1 Å². The SMILES string of the molecule is CCCCCc1ccc(-c2ccc(C3CCC(C4CC[Si](CCC)CC4)CC3)cc2)c(F)c1. The van der Waals surface area contributed by atoms with Crippen LogP contribution in [0.4, 0.5) is 4.39 Å². The van der Waals surface area contributed by atoms with Crippen LogP contribution < -0.4 is 0 Å². The summed E-state index contributed by atoms with van der Waals surface area (Å²) >= 11 is 0. The highest BCUT2D eigenvalue weighted by Crippen LogP contribution is 2.43. The molecule has 179 valence electrons. The van der Waals surface area contributed by atoms with Gasteiger partial charge in [-0.25, -0.2) is 4.39 Å². The molecule has 2 aromatic carbocycles. The molecule has 2 aromatic rings. The normalized spacial score (nSPS) is 22.5. The maximum atomic E-state index is 14.8. The zero-order valence-corrected chi connectivity index (χ0v) is 22.1. The molecule has 1 radical (unpaired) electrons. The van der Waals surface area contributed by atoms with Gasteiger partial charge >= 0.3 is 0 Å². The van der Waals surface area contributed by atoms with E-state index < -0.39 is 0 Å². The molecule has 0 N–H and O–H groups in total. The van der Waals surface area contributed by atoms with Crippen molar-refractivity contribution in [3.05, 3.63) is 59.4 Å². The van der Waals surface area contributed by atoms with Crippen LogP contribution in [0.25, 0.3) is 11.1 Å². The highest BCUT2D eigenvalue weighted by molar-refractivity contribution is 6.58. The van der Waals surface area contributed by atoms with Gasteiger partial charge in [0.2, 0.25) is 0 Å². The van der Waals surface area contributed by atoms with Crippen LogP contribution in [0.3, 0.4) is 0 Å². The predicted octanol–water partition coefficient (Wildman–Crippen LogP) is 9.81. The van der Waals surface area contributed by atoms with E-state index in [0.29, 0.717) is 5.92 Å². The lowest BCUT2D eigenvalue weighted by molar-refractivity contribution is 0.216. The minimum Gasteiger partial charge on any atom is -0.206 e. The van der Waals surface area contributed by atoms with Crippen molar-refractivity contribution in [1.82, 2.24) is 0 Å². The Balaban J connectivity index is 1.29. The minimum absolute atomic E-state index is 0.0132. The number of aryl methyl sites for hydroxylation is 1. The Morgan fingerprint density at radius 3 is 2.12 bits per heavy atom. The number of benzene rings is 2. The van der Waals surface area contributed by atoms with Gasteiger partial charge < -0.3 is 0 Å². The molecule has 0 spiro atoms. The molecule has 1 heterocycles. The van der Waals surface area contributed by atoms with E-state index in [0.717, 1.165) is 41.4 Å². The summed E-state index contributed by atoms with van der Waals surface area (Å²) in [5, 5.41) is 0. The van der Waals surface area contributed by atoms with Gasteiger partial charge in [-0.2, -0.15) is 0 Å². The Labute approximate surface area is 204 Å². The van der Waals surface area contributed by atoms with E-state index in [2.05, 4.69) is 44.2 Å². The van der Waals surface area contributed by atoms with Gasteiger partial charge in [-0.15, -0.1) is 0 Å². The van der Waals surface area contributed by atoms with E-state index in [1.165, 1.54) is 63.4 Å². The fraction of sp³-hybridized carbons (Fsp3) is 0.613. The number of hydrogen-bond donors (Lipinski definition) is 0. The summed E-state index contributed by atoms with van der Waals surface area (Å²) in [6.45, 7) is 4.57. The van der Waals surface area contributed by atoms with Crippen molar-refractivity contribution < 1.29 is 4.39 Å². The summed E-state index contributed by atoms with van der Waals surface area (Å²) in [6, 6.07) is 19.4. The first-order chi connectivity index (χ1) is 16.2. The fourth-order valence-electron chi connectivity index (χ4n) is 6.51. The van der Waals surface area contributed by atoms with Crippen molar-refractivity contribution in [1.29, 1.82) is 0 Å². The van der Waals surface area contributed by atoms with Gasteiger partial charge in [0.05, 0.1) is 0 Å². The molecule has 33 heavy (non-hydrogen) atoms. The molecule has 1 aliphatic heterocycles. The van der Waals surface area contributed by atoms with Crippen LogP contribution in [0, 0.1) is 17.7 Å². The van der Waals surface area contributed by atoms with Crippen LogP contribution in [0.15, 0.2) is 42.5 Å². The largest absolute Gasteiger partial charge is 0.206 e. The van der Waals surface area contributed by atoms with Gasteiger partial charge in [0.25, 0.3) is 0 Å². The lowest BCUT2D eigenvalue weighted by Crippen LogP contribution is -2.28. The minimum atomic E-state index is -0.0758. The maximum Gasteiger partial charge on any atom is 0.131 e. The Bertz CT molecular complexity index is 842. The van der Waals surface area contributed by atoms with Crippen molar-refractivity contribution in [3.8, 4) is 11.1 Å². The molecule has 2 heteroatoms. The average Bonchev–Trinajstić information content (AvgIpc) is 2.85. The Hall–Kier alpha value is -1.41. The fourth-order valence-corrected chi connectivity index (χ4v) is 9.52. The first kappa shape index (κ1) is 24.7. The maximum absolute atomic E-state index is 14.8. The molecule has 0 atom stereocenters. The molecule has 0 bridgehead atoms. The standard InChI is InChI=1S/C31H44FSi/c1-3-5-6-7-24-8-17-30(31(32)23-24)29-15-13-26(14-16-29)25-9-11-27(12-10-25)28-18-21-33(20-4-2)22-19-28/h8,13-17,23,25,27-28H,3-7,9-12,18-22H2,1-2H3. The summed E-state index contributed by atoms with van der Waals surface area (Å²) < 4.78 is 14.8. The summed E-state index contributed by atoms with van der Waals surface area (Å²) in [5.41, 5.74) is 4.34. The molecular weight excluding hydrogens is 419 g/mol. The van der Waals surface area contributed by atoms with E-state index in [9.17, 15) is 4.39 Å². The lowest BCUT2D eigenvalue weighted by atomic mass is 9.72. The van der Waals surface area contributed by atoms with E-state index in [4.69, 9.17) is 0 Å². The van der Waals surface area contributed by atoms with E-state index in [1.807, 2.05) is 6.07 Å². The third-order valence-electron chi connectivity index (χ3n) is 8.58. The Morgan fingerprint density at radius 2 is 1.48 bits per heavy atom. The highest BCUT2D eigenvalue weighted by atomic mass is 28.3. The topological polar surface area (TPSA) is 0 Å². The number of halogens is 1. The second kappa shape index (κ2) is 12.3. The zero-order chi connectivity index (χ0) is 23.0. The molecule has 0 amide bonds. The third kappa shape index (κ3) is 6.59. The van der Waals surface area contributed by atoms with E-state index >= 15 is 0 Å². The second-order valence-corrected chi connectivity index (χ2v) is 13.8. The molecule has 1 aliphatic carbocycles. The van der Waals surface area contributed by atoms with Gasteiger partial charge in [0.15, 0.2) is 0 Å². The summed E-state index contributed by atoms with van der Waals surface area (Å²) in [6.07, 6.45) is 14.5. The smallest absolute Gasteiger partial charge is 0.131 e. The van der Waals surface area contributed by atoms with Crippen LogP contribution in [-0.2, 0) is 6.42 Å². The third-order valence-corrected chi connectivity index (χ3v) is 11.8. The number of rotatable bonds is 9. The van der Waals surface area contributed by atoms with Crippen LogP contribution >= 0.6 is 0 Å². The van der Waals surface area contributed by atoms with Crippen molar-refractivity contribution in [2.24, 2.45) is 11.8 Å². The quantitative estimate of drug-likeness (QED) is 0.256. The molecule has 4 rings (SSSR count). The molecule has 1 saturated carbocycles. The molecule has 0 aromatic heterocycles. The van der Waals surface area contributed by atoms with Crippen LogP contribution in [0.5, 0.6) is 0 Å². The average molecular weight is 464 g/mol. The Morgan fingerprint density at radius 1 is 0.788 bits per heavy atom. The van der Waals surface area contributed by atoms with Crippen LogP contribution in [-0.4, -0.2) is 8.80 Å². The van der Waals surface area contributed by atoms with E-state index in [1.54, 1.807) is 24.2 Å². The zero-order valence-electron chi connectivity index (χ0n) is 21.1. The molecule has 2 fully saturated rings. The van der Waals surface area contributed by atoms with Gasteiger partial charge in [-0.3, -0.25) is 0 Å². The van der Waals surface area contributed by atoms with Crippen molar-refractivity contribution in [2.45, 2.75) is 109 Å². The monoisotopic (exact) mass is 463 g/mol. The molecule has 0 unspecified atom stereocenters. The molecular formula is C31H44FSi. The molecule has 0 nitrogen and oxygen atoms in total. The first-order valence-corrected chi connectivity index (χ1v) is 16.0. The molecule has 1 saturated heterocycles. The first-order valence-electron chi connectivity index (χ1n) is 13.9. The lowest BCUT2D eigenvalue weighted by Gasteiger charge is -2.37. The summed E-state index contributed by atoms with van der Waals surface area (Å²) in [4.78, 5) is 0. The highest BCUT2D eigenvalue weighted by Gasteiger charge is 2.31. The number of hydrogen-bond acceptors (Lipinski definition) is 0. The summed E-state index contributed by atoms with van der Waals surface area (Å²) in [7, 11) is 0.0132. The summed E-state index contributed by atoms with van der Waals surface area (Å²) in [5.74, 6) is 2.63. The van der Waals surface area contributed by atoms with Gasteiger partial charge in [0.1, 0.15) is 5.82 Å². The second-order valence-electron chi connectivity index (χ2n) is 10.8. The van der Waals surface area contributed by atoms with E-state index in [-0.39, 0.29) is 14.6 Å². The number of unbranched alkanes of at least 4 members (excludes halogenated alkanes) is 2. The van der Waals surface area contributed by atoms with Gasteiger partial charge in [-0.1, -0.05) is 100 Å².